The fourth-order valence-electron chi connectivity index (χ4n) is 5.41. The molecule has 1 aromatic rings. The van der Waals surface area contributed by atoms with E-state index in [0.717, 1.165) is 56.8 Å². The number of ether oxygens (including phenoxy) is 1. The van der Waals surface area contributed by atoms with Crippen molar-refractivity contribution in [2.75, 3.05) is 40.3 Å². The molecular weight excluding hydrogens is 424 g/mol. The van der Waals surface area contributed by atoms with Gasteiger partial charge < -0.3 is 14.5 Å². The van der Waals surface area contributed by atoms with E-state index in [1.54, 1.807) is 0 Å². The summed E-state index contributed by atoms with van der Waals surface area (Å²) in [7, 11) is 4.22. The van der Waals surface area contributed by atoms with Crippen molar-refractivity contribution in [1.29, 1.82) is 0 Å². The molecule has 6 nitrogen and oxygen atoms in total. The molecule has 2 aliphatic heterocycles. The monoisotopic (exact) mass is 464 g/mol. The number of nitrogens with zero attached hydrogens (tertiary/aromatic N) is 4. The zero-order valence-corrected chi connectivity index (χ0v) is 21.1. The molecule has 0 N–H and O–H groups in total. The Balaban J connectivity index is 1.11. The van der Waals surface area contributed by atoms with Crippen molar-refractivity contribution in [3.8, 4) is 0 Å². The minimum absolute atomic E-state index is 0.000259. The van der Waals surface area contributed by atoms with Crippen molar-refractivity contribution in [3.05, 3.63) is 53.1 Å². The van der Waals surface area contributed by atoms with Gasteiger partial charge >= 0.3 is 0 Å². The highest BCUT2D eigenvalue weighted by molar-refractivity contribution is 5.90. The summed E-state index contributed by atoms with van der Waals surface area (Å²) in [6.07, 6.45) is 13.7. The molecule has 0 bridgehead atoms. The molecule has 0 radical (unpaired) electrons. The molecule has 2 unspecified atom stereocenters. The Bertz CT molecular complexity index is 941. The van der Waals surface area contributed by atoms with E-state index in [4.69, 9.17) is 9.57 Å². The van der Waals surface area contributed by atoms with Crippen molar-refractivity contribution < 1.29 is 9.57 Å². The van der Waals surface area contributed by atoms with Gasteiger partial charge in [-0.1, -0.05) is 11.2 Å². The zero-order valence-electron chi connectivity index (χ0n) is 21.1. The van der Waals surface area contributed by atoms with Crippen LogP contribution in [0.3, 0.4) is 0 Å². The average molecular weight is 465 g/mol. The lowest BCUT2D eigenvalue weighted by Gasteiger charge is -2.32. The summed E-state index contributed by atoms with van der Waals surface area (Å²) >= 11 is 0. The molecule has 1 saturated heterocycles. The molecule has 184 valence electrons. The Morgan fingerprint density at radius 1 is 1.15 bits per heavy atom. The Morgan fingerprint density at radius 3 is 2.71 bits per heavy atom. The molecule has 0 aromatic carbocycles. The lowest BCUT2D eigenvalue weighted by Crippen LogP contribution is -2.34. The molecule has 4 aliphatic rings. The van der Waals surface area contributed by atoms with Gasteiger partial charge in [-0.05, 0) is 108 Å². The third-order valence-corrected chi connectivity index (χ3v) is 7.64. The zero-order chi connectivity index (χ0) is 23.5. The van der Waals surface area contributed by atoms with Crippen molar-refractivity contribution in [2.24, 2.45) is 22.9 Å². The molecule has 2 atom stereocenters. The van der Waals surface area contributed by atoms with Crippen LogP contribution in [0.4, 0.5) is 0 Å². The third-order valence-electron chi connectivity index (χ3n) is 7.64. The second-order valence-corrected chi connectivity index (χ2v) is 11.0. The van der Waals surface area contributed by atoms with Gasteiger partial charge in [-0.25, -0.2) is 0 Å². The number of allylic oxidation sites excluding steroid dienone is 1. The van der Waals surface area contributed by atoms with Crippen LogP contribution in [0, 0.1) is 24.7 Å². The topological polar surface area (TPSA) is 50.2 Å². The Morgan fingerprint density at radius 2 is 1.97 bits per heavy atom. The van der Waals surface area contributed by atoms with Crippen LogP contribution in [-0.4, -0.2) is 66.9 Å². The number of oxime groups is 1. The molecular formula is C28H40N4O2. The van der Waals surface area contributed by atoms with Crippen LogP contribution in [0.5, 0.6) is 0 Å². The van der Waals surface area contributed by atoms with E-state index in [2.05, 4.69) is 65.2 Å². The smallest absolute Gasteiger partial charge is 0.165 e. The van der Waals surface area contributed by atoms with E-state index in [9.17, 15) is 0 Å². The first-order valence-corrected chi connectivity index (χ1v) is 13.1. The SMILES string of the molecule is Cc1ccnc(CN2CCC(CCC3=NOC4C(CN(C)C)=C(OCC5CC5)C=CC34)CC2)c1. The maximum atomic E-state index is 6.20. The fraction of sp³-hybridized carbons (Fsp3) is 0.643. The lowest BCUT2D eigenvalue weighted by atomic mass is 9.83. The Labute approximate surface area is 204 Å². The maximum absolute atomic E-state index is 6.20. The number of hydrogen-bond donors (Lipinski definition) is 0. The predicted octanol–water partition coefficient (Wildman–Crippen LogP) is 4.57. The Kier molecular flexibility index (Phi) is 7.35. The second kappa shape index (κ2) is 10.6. The van der Waals surface area contributed by atoms with E-state index in [-0.39, 0.29) is 12.0 Å². The van der Waals surface area contributed by atoms with Gasteiger partial charge in [0.05, 0.1) is 23.9 Å². The quantitative estimate of drug-likeness (QED) is 0.508. The van der Waals surface area contributed by atoms with Gasteiger partial charge in [-0.2, -0.15) is 0 Å². The van der Waals surface area contributed by atoms with Crippen LogP contribution >= 0.6 is 0 Å². The largest absolute Gasteiger partial charge is 0.493 e. The average Bonchev–Trinajstić information content (AvgIpc) is 3.56. The summed E-state index contributed by atoms with van der Waals surface area (Å²) in [5, 5.41) is 4.58. The Hall–Kier alpha value is -2.18. The third kappa shape index (κ3) is 5.89. The molecule has 0 spiro atoms. The van der Waals surface area contributed by atoms with Crippen LogP contribution in [0.2, 0.25) is 0 Å². The summed E-state index contributed by atoms with van der Waals surface area (Å²) in [5.41, 5.74) is 4.94. The number of piperidine rings is 1. The molecule has 0 amide bonds. The van der Waals surface area contributed by atoms with E-state index in [0.29, 0.717) is 0 Å². The summed E-state index contributed by atoms with van der Waals surface area (Å²) in [6, 6.07) is 4.28. The predicted molar refractivity (Wildman–Crippen MR) is 135 cm³/mol. The molecule has 2 aliphatic carbocycles. The molecule has 1 saturated carbocycles. The number of aryl methyl sites for hydroxylation is 1. The van der Waals surface area contributed by atoms with Gasteiger partial charge in [-0.3, -0.25) is 9.88 Å². The number of fused-ring (bicyclic) bond motifs is 1. The first kappa shape index (κ1) is 23.6. The van der Waals surface area contributed by atoms with Crippen molar-refractivity contribution in [2.45, 2.75) is 58.1 Å². The first-order valence-electron chi connectivity index (χ1n) is 13.1. The van der Waals surface area contributed by atoms with Crippen molar-refractivity contribution >= 4 is 5.71 Å². The maximum Gasteiger partial charge on any atom is 0.165 e. The molecule has 6 heteroatoms. The number of likely N-dealkylation sites (N-methyl/N-ethyl adjacent to an activating group) is 1. The highest BCUT2D eigenvalue weighted by atomic mass is 16.6. The van der Waals surface area contributed by atoms with Crippen LogP contribution < -0.4 is 0 Å². The minimum atomic E-state index is 0.000259. The fourth-order valence-corrected chi connectivity index (χ4v) is 5.41. The first-order chi connectivity index (χ1) is 16.5. The highest BCUT2D eigenvalue weighted by Crippen LogP contribution is 2.37. The van der Waals surface area contributed by atoms with Crippen LogP contribution in [0.15, 0.2) is 47.0 Å². The normalized spacial score (nSPS) is 25.5. The van der Waals surface area contributed by atoms with E-state index >= 15 is 0 Å². The molecule has 1 aromatic heterocycles. The van der Waals surface area contributed by atoms with Gasteiger partial charge in [-0.15, -0.1) is 0 Å². The van der Waals surface area contributed by atoms with Crippen molar-refractivity contribution in [3.63, 3.8) is 0 Å². The number of hydrogen-bond acceptors (Lipinski definition) is 6. The van der Waals surface area contributed by atoms with Gasteiger partial charge in [0.1, 0.15) is 5.76 Å². The molecule has 5 rings (SSSR count). The molecule has 2 fully saturated rings. The summed E-state index contributed by atoms with van der Waals surface area (Å²) in [5.74, 6) is 2.78. The van der Waals surface area contributed by atoms with Crippen LogP contribution in [0.1, 0.15) is 49.8 Å². The number of pyridine rings is 1. The standard InChI is InChI=1S/C28H40N4O2/c1-20-10-13-29-23(16-20)17-32-14-11-21(12-15-32)6-8-26-24-7-9-27(33-19-22-4-5-22)25(18-31(2)3)28(24)34-30-26/h7,9-10,13,16,21-22,24,28H,4-6,8,11-12,14-15,17-19H2,1-3H3. The van der Waals surface area contributed by atoms with E-state index < -0.39 is 0 Å². The minimum Gasteiger partial charge on any atom is -0.493 e. The van der Waals surface area contributed by atoms with E-state index in [1.807, 2.05) is 6.20 Å². The lowest BCUT2D eigenvalue weighted by molar-refractivity contribution is 0.0826. The van der Waals surface area contributed by atoms with Gasteiger partial charge in [0.25, 0.3) is 0 Å². The second-order valence-electron chi connectivity index (χ2n) is 11.0. The molecule has 34 heavy (non-hydrogen) atoms. The van der Waals surface area contributed by atoms with Crippen LogP contribution in [0.25, 0.3) is 0 Å². The number of likely N-dealkylation sites (tertiary alicyclic amines) is 1. The summed E-state index contributed by atoms with van der Waals surface area (Å²) in [4.78, 5) is 15.3. The van der Waals surface area contributed by atoms with Crippen molar-refractivity contribution in [1.82, 2.24) is 14.8 Å². The number of aromatic nitrogens is 1. The summed E-state index contributed by atoms with van der Waals surface area (Å²) in [6.45, 7) is 7.11. The van der Waals surface area contributed by atoms with Crippen LogP contribution in [-0.2, 0) is 16.1 Å². The van der Waals surface area contributed by atoms with E-state index in [1.165, 1.54) is 54.6 Å². The van der Waals surface area contributed by atoms with Gasteiger partial charge in [0, 0.05) is 24.9 Å². The van der Waals surface area contributed by atoms with Gasteiger partial charge in [0.15, 0.2) is 6.10 Å². The molecule has 3 heterocycles. The summed E-state index contributed by atoms with van der Waals surface area (Å²) < 4.78 is 6.20. The van der Waals surface area contributed by atoms with Gasteiger partial charge in [0.2, 0.25) is 0 Å². The highest BCUT2D eigenvalue weighted by Gasteiger charge is 2.39. The number of rotatable bonds is 10.